The van der Waals surface area contributed by atoms with Crippen molar-refractivity contribution in [3.8, 4) is 0 Å². The number of aryl methyl sites for hydroxylation is 2. The van der Waals surface area contributed by atoms with E-state index in [1.807, 2.05) is 0 Å². The maximum Gasteiger partial charge on any atom is 0.0234 e. The highest BCUT2D eigenvalue weighted by atomic mass is 15.1. The average molecular weight is 319 g/mol. The summed E-state index contributed by atoms with van der Waals surface area (Å²) in [6.07, 6.45) is 8.91. The van der Waals surface area contributed by atoms with Gasteiger partial charge in [0.2, 0.25) is 0 Å². The molecular weight excluding hydrogens is 290 g/mol. The van der Waals surface area contributed by atoms with Gasteiger partial charge in [0.25, 0.3) is 0 Å². The van der Waals surface area contributed by atoms with E-state index >= 15 is 0 Å². The molecule has 0 atom stereocenters. The first-order valence-electron chi connectivity index (χ1n) is 9.22. The topological polar surface area (TPSA) is 3.24 Å². The van der Waals surface area contributed by atoms with E-state index in [1.54, 1.807) is 11.1 Å². The van der Waals surface area contributed by atoms with Crippen molar-refractivity contribution in [3.05, 3.63) is 76.4 Å². The molecule has 0 fully saturated rings. The van der Waals surface area contributed by atoms with Crippen molar-refractivity contribution < 1.29 is 0 Å². The van der Waals surface area contributed by atoms with Gasteiger partial charge in [0.15, 0.2) is 0 Å². The van der Waals surface area contributed by atoms with Crippen molar-refractivity contribution in [2.75, 3.05) is 13.6 Å². The summed E-state index contributed by atoms with van der Waals surface area (Å²) in [5.41, 5.74) is 7.31. The Morgan fingerprint density at radius 2 is 1.71 bits per heavy atom. The Kier molecular flexibility index (Phi) is 5.87. The largest absolute Gasteiger partial charge is 0.298 e. The summed E-state index contributed by atoms with van der Waals surface area (Å²) in [5.74, 6) is 0. The normalized spacial score (nSPS) is 15.2. The molecule has 1 aliphatic carbocycles. The van der Waals surface area contributed by atoms with Gasteiger partial charge in [-0.05, 0) is 61.9 Å². The van der Waals surface area contributed by atoms with Crippen LogP contribution in [0.4, 0.5) is 0 Å². The van der Waals surface area contributed by atoms with Crippen LogP contribution in [-0.2, 0) is 19.4 Å². The Balaban J connectivity index is 1.61. The molecule has 126 valence electrons. The van der Waals surface area contributed by atoms with Crippen LogP contribution in [0.2, 0.25) is 0 Å². The van der Waals surface area contributed by atoms with Gasteiger partial charge in [-0.2, -0.15) is 0 Å². The molecule has 2 aromatic carbocycles. The van der Waals surface area contributed by atoms with Crippen LogP contribution in [0.15, 0.2) is 54.1 Å². The zero-order valence-corrected chi connectivity index (χ0v) is 15.1. The minimum atomic E-state index is 1.01. The molecule has 2 aromatic rings. The van der Waals surface area contributed by atoms with Crippen LogP contribution >= 0.6 is 0 Å². The first kappa shape index (κ1) is 17.0. The van der Waals surface area contributed by atoms with Crippen molar-refractivity contribution in [2.45, 2.75) is 45.6 Å². The molecule has 0 radical (unpaired) electrons. The maximum atomic E-state index is 2.45. The molecule has 0 spiro atoms. The lowest BCUT2D eigenvalue weighted by atomic mass is 10.00. The number of likely N-dealkylation sites (N-methyl/N-ethyl adjacent to an activating group) is 1. The summed E-state index contributed by atoms with van der Waals surface area (Å²) >= 11 is 0. The number of rotatable bonds is 5. The first-order chi connectivity index (χ1) is 11.7. The zero-order valence-electron chi connectivity index (χ0n) is 15.1. The Labute approximate surface area is 147 Å². The van der Waals surface area contributed by atoms with E-state index in [1.165, 1.54) is 48.8 Å². The van der Waals surface area contributed by atoms with E-state index in [9.17, 15) is 0 Å². The third kappa shape index (κ3) is 4.82. The standard InChI is InChI=1S/C23H29N/c1-19(15-20-9-5-3-6-10-20)17-24(2)18-21-13-14-22-11-7-4-8-12-23(22)16-21/h3,5-6,9-10,13-16H,4,7-8,11-12,17-18H2,1-2H3. The molecule has 0 amide bonds. The third-order valence-electron chi connectivity index (χ3n) is 4.85. The van der Waals surface area contributed by atoms with Crippen LogP contribution in [0.1, 0.15) is 48.4 Å². The second-order valence-electron chi connectivity index (χ2n) is 7.24. The molecule has 1 nitrogen and oxygen atoms in total. The fourth-order valence-corrected chi connectivity index (χ4v) is 3.73. The van der Waals surface area contributed by atoms with Crippen LogP contribution in [0.5, 0.6) is 0 Å². The first-order valence-corrected chi connectivity index (χ1v) is 9.22. The van der Waals surface area contributed by atoms with Crippen LogP contribution in [0.3, 0.4) is 0 Å². The summed E-state index contributed by atoms with van der Waals surface area (Å²) in [7, 11) is 2.22. The molecule has 0 bridgehead atoms. The predicted octanol–water partition coefficient (Wildman–Crippen LogP) is 5.49. The Morgan fingerprint density at radius 3 is 2.50 bits per heavy atom. The lowest BCUT2D eigenvalue weighted by molar-refractivity contribution is 0.356. The van der Waals surface area contributed by atoms with E-state index in [0.717, 1.165) is 13.1 Å². The summed E-state index contributed by atoms with van der Waals surface area (Å²) < 4.78 is 0. The van der Waals surface area contributed by atoms with Gasteiger partial charge in [0, 0.05) is 13.1 Å². The molecule has 0 unspecified atom stereocenters. The molecule has 1 heteroatoms. The SMILES string of the molecule is CC(=Cc1ccccc1)CN(C)Cc1ccc2c(c1)CCCCC2. The van der Waals surface area contributed by atoms with E-state index in [0.29, 0.717) is 0 Å². The van der Waals surface area contributed by atoms with Gasteiger partial charge in [-0.25, -0.2) is 0 Å². The number of benzene rings is 2. The highest BCUT2D eigenvalue weighted by molar-refractivity contribution is 5.52. The summed E-state index contributed by atoms with van der Waals surface area (Å²) in [6, 6.07) is 17.7. The third-order valence-corrected chi connectivity index (χ3v) is 4.85. The molecule has 3 rings (SSSR count). The monoisotopic (exact) mass is 319 g/mol. The number of nitrogens with zero attached hydrogens (tertiary/aromatic N) is 1. The van der Waals surface area contributed by atoms with Crippen LogP contribution in [0, 0.1) is 0 Å². The van der Waals surface area contributed by atoms with Crippen molar-refractivity contribution in [2.24, 2.45) is 0 Å². The lowest BCUT2D eigenvalue weighted by Gasteiger charge is -2.18. The number of hydrogen-bond acceptors (Lipinski definition) is 1. The van der Waals surface area contributed by atoms with Crippen molar-refractivity contribution >= 4 is 6.08 Å². The lowest BCUT2D eigenvalue weighted by Crippen LogP contribution is -2.20. The molecule has 0 aromatic heterocycles. The molecule has 0 N–H and O–H groups in total. The summed E-state index contributed by atoms with van der Waals surface area (Å²) in [4.78, 5) is 2.41. The Hall–Kier alpha value is -1.86. The van der Waals surface area contributed by atoms with Crippen molar-refractivity contribution in [3.63, 3.8) is 0 Å². The van der Waals surface area contributed by atoms with Crippen molar-refractivity contribution in [1.29, 1.82) is 0 Å². The second-order valence-corrected chi connectivity index (χ2v) is 7.24. The van der Waals surface area contributed by atoms with Crippen LogP contribution in [0.25, 0.3) is 6.08 Å². The second kappa shape index (κ2) is 8.30. The van der Waals surface area contributed by atoms with Gasteiger partial charge in [-0.15, -0.1) is 0 Å². The maximum absolute atomic E-state index is 2.45. The molecule has 24 heavy (non-hydrogen) atoms. The molecule has 0 saturated carbocycles. The highest BCUT2D eigenvalue weighted by Crippen LogP contribution is 2.22. The zero-order chi connectivity index (χ0) is 16.8. The Morgan fingerprint density at radius 1 is 0.958 bits per heavy atom. The summed E-state index contributed by atoms with van der Waals surface area (Å²) in [5, 5.41) is 0. The van der Waals surface area contributed by atoms with Gasteiger partial charge in [0.1, 0.15) is 0 Å². The van der Waals surface area contributed by atoms with Crippen LogP contribution < -0.4 is 0 Å². The minimum absolute atomic E-state index is 1.01. The summed E-state index contributed by atoms with van der Waals surface area (Å²) in [6.45, 7) is 4.25. The van der Waals surface area contributed by atoms with Gasteiger partial charge < -0.3 is 0 Å². The minimum Gasteiger partial charge on any atom is -0.298 e. The fraction of sp³-hybridized carbons (Fsp3) is 0.391. The van der Waals surface area contributed by atoms with Gasteiger partial charge in [-0.1, -0.05) is 66.6 Å². The smallest absolute Gasteiger partial charge is 0.0234 e. The van der Waals surface area contributed by atoms with Gasteiger partial charge in [0.05, 0.1) is 0 Å². The van der Waals surface area contributed by atoms with Gasteiger partial charge >= 0.3 is 0 Å². The average Bonchev–Trinajstić information content (AvgIpc) is 2.80. The highest BCUT2D eigenvalue weighted by Gasteiger charge is 2.09. The fourth-order valence-electron chi connectivity index (χ4n) is 3.73. The van der Waals surface area contributed by atoms with Gasteiger partial charge in [-0.3, -0.25) is 4.90 Å². The van der Waals surface area contributed by atoms with Crippen LogP contribution in [-0.4, -0.2) is 18.5 Å². The van der Waals surface area contributed by atoms with Crippen molar-refractivity contribution in [1.82, 2.24) is 4.90 Å². The molecule has 0 heterocycles. The number of fused-ring (bicyclic) bond motifs is 1. The molecule has 0 saturated heterocycles. The molecule has 1 aliphatic rings. The molecule has 0 aliphatic heterocycles. The van der Waals surface area contributed by atoms with E-state index < -0.39 is 0 Å². The molecular formula is C23H29N. The number of hydrogen-bond donors (Lipinski definition) is 0. The quantitative estimate of drug-likeness (QED) is 0.659. The van der Waals surface area contributed by atoms with E-state index in [4.69, 9.17) is 0 Å². The predicted molar refractivity (Wildman–Crippen MR) is 104 cm³/mol. The van der Waals surface area contributed by atoms with E-state index in [2.05, 4.69) is 73.5 Å². The Bertz CT molecular complexity index is 684. The van der Waals surface area contributed by atoms with E-state index in [-0.39, 0.29) is 0 Å².